The molecule has 0 aliphatic carbocycles. The summed E-state index contributed by atoms with van der Waals surface area (Å²) in [4.78, 5) is 25.8. The predicted molar refractivity (Wildman–Crippen MR) is 92.2 cm³/mol. The van der Waals surface area contributed by atoms with Crippen LogP contribution in [-0.2, 0) is 11.3 Å². The zero-order valence-corrected chi connectivity index (χ0v) is 13.6. The fourth-order valence-electron chi connectivity index (χ4n) is 2.99. The van der Waals surface area contributed by atoms with Crippen molar-refractivity contribution in [2.75, 3.05) is 11.4 Å². The van der Waals surface area contributed by atoms with Crippen LogP contribution < -0.4 is 10.2 Å². The first-order valence-corrected chi connectivity index (χ1v) is 8.20. The fourth-order valence-corrected chi connectivity index (χ4v) is 2.99. The average molecular weight is 335 g/mol. The summed E-state index contributed by atoms with van der Waals surface area (Å²) in [5, 5.41) is 11.0. The minimum absolute atomic E-state index is 0.135. The van der Waals surface area contributed by atoms with E-state index in [9.17, 15) is 9.59 Å². The summed E-state index contributed by atoms with van der Waals surface area (Å²) in [5.41, 5.74) is 2.12. The van der Waals surface area contributed by atoms with Gasteiger partial charge in [0.15, 0.2) is 11.5 Å². The van der Waals surface area contributed by atoms with Crippen molar-refractivity contribution in [2.45, 2.75) is 19.4 Å². The van der Waals surface area contributed by atoms with E-state index in [0.717, 1.165) is 24.3 Å². The minimum Gasteiger partial charge on any atom is -0.345 e. The molecule has 0 saturated carbocycles. The van der Waals surface area contributed by atoms with Gasteiger partial charge in [0.05, 0.1) is 6.54 Å². The van der Waals surface area contributed by atoms with E-state index in [-0.39, 0.29) is 18.4 Å². The lowest BCUT2D eigenvalue weighted by molar-refractivity contribution is -0.117. The Hall–Kier alpha value is -3.22. The number of amides is 2. The first-order chi connectivity index (χ1) is 12.2. The lowest BCUT2D eigenvalue weighted by atomic mass is 10.2. The van der Waals surface area contributed by atoms with Crippen LogP contribution >= 0.6 is 0 Å². The van der Waals surface area contributed by atoms with Crippen LogP contribution in [0.3, 0.4) is 0 Å². The summed E-state index contributed by atoms with van der Waals surface area (Å²) in [7, 11) is 0. The molecule has 126 valence electrons. The largest absolute Gasteiger partial charge is 0.345 e. The Morgan fingerprint density at radius 2 is 1.96 bits per heavy atom. The van der Waals surface area contributed by atoms with Crippen LogP contribution in [-0.4, -0.2) is 33.0 Å². The van der Waals surface area contributed by atoms with E-state index in [2.05, 4.69) is 15.5 Å². The number of pyridine rings is 1. The first kappa shape index (κ1) is 15.3. The second-order valence-electron chi connectivity index (χ2n) is 5.92. The molecule has 1 aliphatic heterocycles. The Bertz CT molecular complexity index is 932. The van der Waals surface area contributed by atoms with E-state index >= 15 is 0 Å². The number of aromatic nitrogens is 3. The van der Waals surface area contributed by atoms with Gasteiger partial charge in [-0.05, 0) is 42.8 Å². The first-order valence-electron chi connectivity index (χ1n) is 8.20. The maximum absolute atomic E-state index is 12.3. The molecule has 1 aromatic carbocycles. The topological polar surface area (TPSA) is 79.6 Å². The van der Waals surface area contributed by atoms with Crippen molar-refractivity contribution in [3.8, 4) is 0 Å². The van der Waals surface area contributed by atoms with Gasteiger partial charge in [0.25, 0.3) is 5.91 Å². The predicted octanol–water partition coefficient (Wildman–Crippen LogP) is 1.79. The third kappa shape index (κ3) is 2.96. The molecule has 0 bridgehead atoms. The lowest BCUT2D eigenvalue weighted by Crippen LogP contribution is -2.25. The molecular formula is C18H17N5O2. The van der Waals surface area contributed by atoms with Gasteiger partial charge in [-0.15, -0.1) is 10.2 Å². The maximum atomic E-state index is 12.3. The highest BCUT2D eigenvalue weighted by atomic mass is 16.2. The molecular weight excluding hydrogens is 318 g/mol. The summed E-state index contributed by atoms with van der Waals surface area (Å²) >= 11 is 0. The molecule has 0 spiro atoms. The molecule has 0 radical (unpaired) electrons. The summed E-state index contributed by atoms with van der Waals surface area (Å²) in [6, 6.07) is 12.7. The minimum atomic E-state index is -0.188. The number of carbonyl (C=O) groups excluding carboxylic acids is 2. The molecule has 0 atom stereocenters. The van der Waals surface area contributed by atoms with Crippen LogP contribution in [0.1, 0.15) is 29.0 Å². The molecule has 7 nitrogen and oxygen atoms in total. The van der Waals surface area contributed by atoms with Crippen molar-refractivity contribution in [2.24, 2.45) is 0 Å². The standard InChI is InChI=1S/C18H17N5O2/c24-17-5-3-11-22(17)14-8-6-13(7-9-14)18(25)19-12-16-21-20-15-4-1-2-10-23(15)16/h1-2,4,6-10H,3,5,11-12H2,(H,19,25). The quantitative estimate of drug-likeness (QED) is 0.788. The second-order valence-corrected chi connectivity index (χ2v) is 5.92. The fraction of sp³-hybridized carbons (Fsp3) is 0.222. The SMILES string of the molecule is O=C(NCc1nnc2ccccn12)c1ccc(N2CCCC2=O)cc1. The number of fused-ring (bicyclic) bond motifs is 1. The highest BCUT2D eigenvalue weighted by Gasteiger charge is 2.21. The Morgan fingerprint density at radius 3 is 2.72 bits per heavy atom. The van der Waals surface area contributed by atoms with Crippen LogP contribution in [0.5, 0.6) is 0 Å². The van der Waals surface area contributed by atoms with Crippen LogP contribution in [0.2, 0.25) is 0 Å². The number of nitrogens with zero attached hydrogens (tertiary/aromatic N) is 4. The maximum Gasteiger partial charge on any atom is 0.251 e. The van der Waals surface area contributed by atoms with Gasteiger partial charge in [-0.2, -0.15) is 0 Å². The van der Waals surface area contributed by atoms with Gasteiger partial charge >= 0.3 is 0 Å². The van der Waals surface area contributed by atoms with Crippen molar-refractivity contribution in [3.63, 3.8) is 0 Å². The number of hydrogen-bond acceptors (Lipinski definition) is 4. The number of nitrogens with one attached hydrogen (secondary N) is 1. The Labute approximate surface area is 144 Å². The average Bonchev–Trinajstić information content (AvgIpc) is 3.26. The van der Waals surface area contributed by atoms with Crippen LogP contribution in [0.25, 0.3) is 5.65 Å². The molecule has 4 rings (SSSR count). The zero-order chi connectivity index (χ0) is 17.2. The number of carbonyl (C=O) groups is 2. The summed E-state index contributed by atoms with van der Waals surface area (Å²) in [6.07, 6.45) is 3.33. The van der Waals surface area contributed by atoms with E-state index in [1.807, 2.05) is 40.9 Å². The van der Waals surface area contributed by atoms with E-state index in [4.69, 9.17) is 0 Å². The third-order valence-corrected chi connectivity index (χ3v) is 4.31. The number of hydrogen-bond donors (Lipinski definition) is 1. The Morgan fingerprint density at radius 1 is 1.12 bits per heavy atom. The Balaban J connectivity index is 1.43. The second kappa shape index (κ2) is 6.35. The molecule has 7 heteroatoms. The van der Waals surface area contributed by atoms with Gasteiger partial charge in [-0.3, -0.25) is 14.0 Å². The molecule has 1 fully saturated rings. The van der Waals surface area contributed by atoms with Crippen molar-refractivity contribution in [1.82, 2.24) is 19.9 Å². The molecule has 3 heterocycles. The van der Waals surface area contributed by atoms with Crippen molar-refractivity contribution in [1.29, 1.82) is 0 Å². The number of anilines is 1. The highest BCUT2D eigenvalue weighted by molar-refractivity contribution is 5.97. The zero-order valence-electron chi connectivity index (χ0n) is 13.6. The monoisotopic (exact) mass is 335 g/mol. The molecule has 1 aliphatic rings. The smallest absolute Gasteiger partial charge is 0.251 e. The highest BCUT2D eigenvalue weighted by Crippen LogP contribution is 2.21. The van der Waals surface area contributed by atoms with Gasteiger partial charge in [-0.1, -0.05) is 6.07 Å². The van der Waals surface area contributed by atoms with E-state index in [1.54, 1.807) is 17.0 Å². The van der Waals surface area contributed by atoms with Gasteiger partial charge in [-0.25, -0.2) is 0 Å². The van der Waals surface area contributed by atoms with Gasteiger partial charge in [0.2, 0.25) is 5.91 Å². The Kier molecular flexibility index (Phi) is 3.89. The molecule has 0 unspecified atom stereocenters. The summed E-state index contributed by atoms with van der Waals surface area (Å²) in [5.74, 6) is 0.617. The molecule has 1 N–H and O–H groups in total. The third-order valence-electron chi connectivity index (χ3n) is 4.31. The van der Waals surface area contributed by atoms with Crippen LogP contribution in [0.4, 0.5) is 5.69 Å². The molecule has 2 aromatic heterocycles. The summed E-state index contributed by atoms with van der Waals surface area (Å²) < 4.78 is 1.84. The number of benzene rings is 1. The van der Waals surface area contributed by atoms with E-state index < -0.39 is 0 Å². The summed E-state index contributed by atoms with van der Waals surface area (Å²) in [6.45, 7) is 1.03. The normalized spacial score (nSPS) is 14.2. The van der Waals surface area contributed by atoms with E-state index in [0.29, 0.717) is 17.8 Å². The number of rotatable bonds is 4. The van der Waals surface area contributed by atoms with E-state index in [1.165, 1.54) is 0 Å². The van der Waals surface area contributed by atoms with Crippen molar-refractivity contribution >= 4 is 23.1 Å². The van der Waals surface area contributed by atoms with Crippen molar-refractivity contribution in [3.05, 3.63) is 60.0 Å². The van der Waals surface area contributed by atoms with Gasteiger partial charge < -0.3 is 10.2 Å². The van der Waals surface area contributed by atoms with Crippen LogP contribution in [0, 0.1) is 0 Å². The van der Waals surface area contributed by atoms with Gasteiger partial charge in [0.1, 0.15) is 0 Å². The van der Waals surface area contributed by atoms with Crippen molar-refractivity contribution < 1.29 is 9.59 Å². The van der Waals surface area contributed by atoms with Crippen LogP contribution in [0.15, 0.2) is 48.7 Å². The molecule has 25 heavy (non-hydrogen) atoms. The molecule has 2 amide bonds. The lowest BCUT2D eigenvalue weighted by Gasteiger charge is -2.15. The molecule has 3 aromatic rings. The molecule has 1 saturated heterocycles. The van der Waals surface area contributed by atoms with Gasteiger partial charge in [0, 0.05) is 30.4 Å².